The Bertz CT molecular complexity index is 885. The molecule has 1 aromatic heterocycles. The van der Waals surface area contributed by atoms with Crippen LogP contribution in [-0.4, -0.2) is 30.7 Å². The summed E-state index contributed by atoms with van der Waals surface area (Å²) < 4.78 is 7.04. The maximum Gasteiger partial charge on any atom is 0.262 e. The fraction of sp³-hybridized carbons (Fsp3) is 0.333. The number of hydrogen-bond acceptors (Lipinski definition) is 3. The Hall–Kier alpha value is -2.84. The summed E-state index contributed by atoms with van der Waals surface area (Å²) in [6.45, 7) is 8.97. The van der Waals surface area contributed by atoms with E-state index in [4.69, 9.17) is 4.74 Å². The molecule has 1 heterocycles. The van der Waals surface area contributed by atoms with Gasteiger partial charge in [0.25, 0.3) is 5.91 Å². The number of nitrogens with one attached hydrogen (secondary N) is 1. The van der Waals surface area contributed by atoms with Crippen LogP contribution in [0.15, 0.2) is 29.8 Å². The molecule has 0 unspecified atom stereocenters. The minimum absolute atomic E-state index is 0.0847. The second-order valence-corrected chi connectivity index (χ2v) is 6.35. The van der Waals surface area contributed by atoms with Gasteiger partial charge in [0, 0.05) is 30.7 Å². The van der Waals surface area contributed by atoms with Crippen LogP contribution in [0.3, 0.4) is 0 Å². The molecule has 5 nitrogen and oxygen atoms in total. The van der Waals surface area contributed by atoms with E-state index >= 15 is 0 Å². The van der Waals surface area contributed by atoms with Gasteiger partial charge in [-0.15, -0.1) is 0 Å². The SMILES string of the molecule is COCCNC(=O)/C(C#N)=C/c1cc(C)n(-c2ccc(C)c(C)c2)c1C. The molecule has 26 heavy (non-hydrogen) atoms. The van der Waals surface area contributed by atoms with Crippen molar-refractivity contribution in [3.05, 3.63) is 57.9 Å². The number of nitriles is 1. The maximum absolute atomic E-state index is 12.1. The number of rotatable bonds is 6. The third kappa shape index (κ3) is 4.22. The second-order valence-electron chi connectivity index (χ2n) is 6.35. The molecule has 0 aliphatic carbocycles. The molecule has 5 heteroatoms. The molecule has 0 radical (unpaired) electrons. The van der Waals surface area contributed by atoms with Gasteiger partial charge >= 0.3 is 0 Å². The van der Waals surface area contributed by atoms with Crippen LogP contribution in [0.2, 0.25) is 0 Å². The summed E-state index contributed by atoms with van der Waals surface area (Å²) in [7, 11) is 1.56. The first-order chi connectivity index (χ1) is 12.4. The van der Waals surface area contributed by atoms with Crippen molar-refractivity contribution in [1.82, 2.24) is 9.88 Å². The van der Waals surface area contributed by atoms with Crippen molar-refractivity contribution in [2.45, 2.75) is 27.7 Å². The van der Waals surface area contributed by atoms with Gasteiger partial charge in [-0.25, -0.2) is 0 Å². The molecule has 0 atom stereocenters. The summed E-state index contributed by atoms with van der Waals surface area (Å²) in [5.41, 5.74) is 6.53. The van der Waals surface area contributed by atoms with E-state index in [1.807, 2.05) is 26.0 Å². The number of aromatic nitrogens is 1. The van der Waals surface area contributed by atoms with Crippen molar-refractivity contribution in [3.8, 4) is 11.8 Å². The Labute approximate surface area is 154 Å². The second kappa shape index (κ2) is 8.50. The van der Waals surface area contributed by atoms with Gasteiger partial charge in [0.2, 0.25) is 0 Å². The third-order valence-corrected chi connectivity index (χ3v) is 4.48. The molecule has 2 aromatic rings. The molecular formula is C21H25N3O2. The quantitative estimate of drug-likeness (QED) is 0.493. The molecule has 0 fully saturated rings. The van der Waals surface area contributed by atoms with E-state index in [1.165, 1.54) is 11.1 Å². The Morgan fingerprint density at radius 3 is 2.58 bits per heavy atom. The summed E-state index contributed by atoms with van der Waals surface area (Å²) in [6, 6.07) is 10.3. The first-order valence-electron chi connectivity index (χ1n) is 8.54. The molecule has 0 spiro atoms. The van der Waals surface area contributed by atoms with E-state index in [1.54, 1.807) is 13.2 Å². The van der Waals surface area contributed by atoms with Crippen molar-refractivity contribution in [2.24, 2.45) is 0 Å². The molecule has 1 N–H and O–H groups in total. The van der Waals surface area contributed by atoms with Crippen LogP contribution in [0, 0.1) is 39.0 Å². The maximum atomic E-state index is 12.1. The van der Waals surface area contributed by atoms with Crippen molar-refractivity contribution in [2.75, 3.05) is 20.3 Å². The van der Waals surface area contributed by atoms with Crippen LogP contribution < -0.4 is 5.32 Å². The van der Waals surface area contributed by atoms with Gasteiger partial charge in [0.15, 0.2) is 0 Å². The first-order valence-corrected chi connectivity index (χ1v) is 8.54. The topological polar surface area (TPSA) is 67.0 Å². The number of amides is 1. The highest BCUT2D eigenvalue weighted by Gasteiger charge is 2.13. The largest absolute Gasteiger partial charge is 0.383 e. The summed E-state index contributed by atoms with van der Waals surface area (Å²) in [5, 5.41) is 12.0. The zero-order chi connectivity index (χ0) is 19.3. The molecular weight excluding hydrogens is 326 g/mol. The van der Waals surface area contributed by atoms with Gasteiger partial charge in [-0.05, 0) is 68.7 Å². The number of ether oxygens (including phenoxy) is 1. The number of carbonyl (C=O) groups is 1. The number of carbonyl (C=O) groups excluding carboxylic acids is 1. The fourth-order valence-corrected chi connectivity index (χ4v) is 2.86. The fourth-order valence-electron chi connectivity index (χ4n) is 2.86. The lowest BCUT2D eigenvalue weighted by Crippen LogP contribution is -2.27. The van der Waals surface area contributed by atoms with Gasteiger partial charge in [0.1, 0.15) is 11.6 Å². The highest BCUT2D eigenvalue weighted by atomic mass is 16.5. The van der Waals surface area contributed by atoms with Crippen LogP contribution in [-0.2, 0) is 9.53 Å². The van der Waals surface area contributed by atoms with Crippen LogP contribution in [0.1, 0.15) is 28.1 Å². The molecule has 0 aliphatic rings. The van der Waals surface area contributed by atoms with Gasteiger partial charge in [-0.2, -0.15) is 5.26 Å². The number of nitrogens with zero attached hydrogens (tertiary/aromatic N) is 2. The monoisotopic (exact) mass is 351 g/mol. The van der Waals surface area contributed by atoms with Crippen molar-refractivity contribution >= 4 is 12.0 Å². The van der Waals surface area contributed by atoms with Crippen LogP contribution in [0.4, 0.5) is 0 Å². The highest BCUT2D eigenvalue weighted by molar-refractivity contribution is 6.01. The summed E-state index contributed by atoms with van der Waals surface area (Å²) in [4.78, 5) is 12.1. The highest BCUT2D eigenvalue weighted by Crippen LogP contribution is 2.24. The van der Waals surface area contributed by atoms with Gasteiger partial charge < -0.3 is 14.6 Å². The Balaban J connectivity index is 2.38. The molecule has 0 aliphatic heterocycles. The lowest BCUT2D eigenvalue weighted by Gasteiger charge is -2.12. The zero-order valence-electron chi connectivity index (χ0n) is 16.0. The smallest absolute Gasteiger partial charge is 0.262 e. The summed E-state index contributed by atoms with van der Waals surface area (Å²) in [6.07, 6.45) is 1.64. The number of benzene rings is 1. The summed E-state index contributed by atoms with van der Waals surface area (Å²) in [5.74, 6) is -0.388. The standard InChI is InChI=1S/C21H25N3O2/c1-14-6-7-20(10-15(14)2)24-16(3)11-18(17(24)4)12-19(13-22)21(25)23-8-9-26-5/h6-7,10-12H,8-9H2,1-5H3,(H,23,25)/b19-12+. The molecule has 2 rings (SSSR count). The Morgan fingerprint density at radius 2 is 1.96 bits per heavy atom. The van der Waals surface area contributed by atoms with Gasteiger partial charge in [-0.1, -0.05) is 6.07 Å². The number of hydrogen-bond donors (Lipinski definition) is 1. The first kappa shape index (κ1) is 19.5. The molecule has 0 saturated heterocycles. The Kier molecular flexibility index (Phi) is 6.37. The average molecular weight is 351 g/mol. The Morgan fingerprint density at radius 1 is 1.23 bits per heavy atom. The molecule has 1 amide bonds. The third-order valence-electron chi connectivity index (χ3n) is 4.48. The van der Waals surface area contributed by atoms with Gasteiger partial charge in [0.05, 0.1) is 6.61 Å². The van der Waals surface area contributed by atoms with E-state index in [0.717, 1.165) is 22.6 Å². The van der Waals surface area contributed by atoms with Crippen LogP contribution in [0.5, 0.6) is 0 Å². The van der Waals surface area contributed by atoms with E-state index in [0.29, 0.717) is 13.2 Å². The molecule has 0 saturated carbocycles. The lowest BCUT2D eigenvalue weighted by atomic mass is 10.1. The van der Waals surface area contributed by atoms with Gasteiger partial charge in [-0.3, -0.25) is 4.79 Å². The lowest BCUT2D eigenvalue weighted by molar-refractivity contribution is -0.117. The van der Waals surface area contributed by atoms with Crippen LogP contribution >= 0.6 is 0 Å². The minimum Gasteiger partial charge on any atom is -0.383 e. The van der Waals surface area contributed by atoms with Crippen molar-refractivity contribution in [3.63, 3.8) is 0 Å². The predicted molar refractivity (Wildman–Crippen MR) is 103 cm³/mol. The van der Waals surface area contributed by atoms with Crippen LogP contribution in [0.25, 0.3) is 11.8 Å². The van der Waals surface area contributed by atoms with Crippen molar-refractivity contribution < 1.29 is 9.53 Å². The normalized spacial score (nSPS) is 11.3. The van der Waals surface area contributed by atoms with E-state index in [2.05, 4.69) is 41.9 Å². The molecule has 0 bridgehead atoms. The van der Waals surface area contributed by atoms with E-state index < -0.39 is 0 Å². The number of aryl methyl sites for hydroxylation is 3. The average Bonchev–Trinajstić information content (AvgIpc) is 2.89. The van der Waals surface area contributed by atoms with E-state index in [9.17, 15) is 10.1 Å². The summed E-state index contributed by atoms with van der Waals surface area (Å²) >= 11 is 0. The van der Waals surface area contributed by atoms with Crippen molar-refractivity contribution in [1.29, 1.82) is 5.26 Å². The molecule has 136 valence electrons. The van der Waals surface area contributed by atoms with E-state index in [-0.39, 0.29) is 11.5 Å². The predicted octanol–water partition coefficient (Wildman–Crippen LogP) is 3.38. The number of methoxy groups -OCH3 is 1. The zero-order valence-corrected chi connectivity index (χ0v) is 16.0. The minimum atomic E-state index is -0.388. The molecule has 1 aromatic carbocycles.